The number of hydrogen-bond donors (Lipinski definition) is 5. The predicted octanol–water partition coefficient (Wildman–Crippen LogP) is 6.98. The SMILES string of the molecule is CNc1nc(NC(=O)Nc2c(Cl)c(OC)c(Cl)c(OC)c2Cl)nc2c1ccn2Cc1ccc(C(=O)Nc2ccccc2N)cc1. The molecule has 15 heteroatoms. The van der Waals surface area contributed by atoms with Gasteiger partial charge in [0.2, 0.25) is 5.95 Å². The minimum atomic E-state index is -0.726. The maximum atomic E-state index is 13.0. The number of carbonyl (C=O) groups is 2. The van der Waals surface area contributed by atoms with Gasteiger partial charge < -0.3 is 35.7 Å². The van der Waals surface area contributed by atoms with E-state index < -0.39 is 6.03 Å². The molecule has 5 rings (SSSR count). The number of fused-ring (bicyclic) bond motifs is 1. The molecule has 0 bridgehead atoms. The highest BCUT2D eigenvalue weighted by Crippen LogP contribution is 2.50. The molecule has 0 fully saturated rings. The summed E-state index contributed by atoms with van der Waals surface area (Å²) < 4.78 is 12.4. The van der Waals surface area contributed by atoms with Crippen LogP contribution in [0.3, 0.4) is 0 Å². The zero-order chi connectivity index (χ0) is 32.2. The second-order valence-electron chi connectivity index (χ2n) is 9.53. The Labute approximate surface area is 272 Å². The molecule has 0 saturated heterocycles. The van der Waals surface area contributed by atoms with Crippen LogP contribution in [-0.2, 0) is 6.54 Å². The molecule has 6 N–H and O–H groups in total. The zero-order valence-corrected chi connectivity index (χ0v) is 26.4. The van der Waals surface area contributed by atoms with Crippen LogP contribution in [0.1, 0.15) is 15.9 Å². The van der Waals surface area contributed by atoms with Crippen LogP contribution in [-0.4, -0.2) is 47.7 Å². The van der Waals surface area contributed by atoms with Gasteiger partial charge in [0.05, 0.1) is 36.7 Å². The van der Waals surface area contributed by atoms with E-state index in [9.17, 15) is 9.59 Å². The fourth-order valence-electron chi connectivity index (χ4n) is 4.54. The largest absolute Gasteiger partial charge is 0.493 e. The first-order chi connectivity index (χ1) is 21.6. The topological polar surface area (TPSA) is 157 Å². The highest BCUT2D eigenvalue weighted by Gasteiger charge is 2.24. The number of nitrogen functional groups attached to an aromatic ring is 1. The Bertz CT molecular complexity index is 1880. The van der Waals surface area contributed by atoms with E-state index in [4.69, 9.17) is 50.0 Å². The molecule has 45 heavy (non-hydrogen) atoms. The lowest BCUT2D eigenvalue weighted by atomic mass is 10.1. The number of ether oxygens (including phenoxy) is 2. The smallest absolute Gasteiger partial charge is 0.326 e. The van der Waals surface area contributed by atoms with Gasteiger partial charge in [-0.1, -0.05) is 59.1 Å². The zero-order valence-electron chi connectivity index (χ0n) is 24.2. The monoisotopic (exact) mass is 668 g/mol. The first kappa shape index (κ1) is 31.5. The first-order valence-electron chi connectivity index (χ1n) is 13.3. The van der Waals surface area contributed by atoms with Crippen molar-refractivity contribution in [2.45, 2.75) is 6.54 Å². The van der Waals surface area contributed by atoms with Crippen LogP contribution in [0.15, 0.2) is 60.8 Å². The van der Waals surface area contributed by atoms with Gasteiger partial charge in [-0.25, -0.2) is 4.79 Å². The van der Waals surface area contributed by atoms with E-state index in [1.165, 1.54) is 14.2 Å². The van der Waals surface area contributed by atoms with E-state index in [-0.39, 0.29) is 44.1 Å². The van der Waals surface area contributed by atoms with Crippen molar-refractivity contribution in [3.05, 3.63) is 87.0 Å². The summed E-state index contributed by atoms with van der Waals surface area (Å²) in [4.78, 5) is 34.8. The summed E-state index contributed by atoms with van der Waals surface area (Å²) in [6.07, 6.45) is 1.86. The van der Waals surface area contributed by atoms with E-state index in [1.807, 2.05) is 29.0 Å². The van der Waals surface area contributed by atoms with Crippen molar-refractivity contribution in [1.82, 2.24) is 14.5 Å². The first-order valence-corrected chi connectivity index (χ1v) is 14.4. The third-order valence-electron chi connectivity index (χ3n) is 6.74. The maximum absolute atomic E-state index is 13.0. The number of nitrogens with two attached hydrogens (primary N) is 1. The molecule has 3 amide bonds. The molecule has 0 atom stereocenters. The predicted molar refractivity (Wildman–Crippen MR) is 179 cm³/mol. The molecule has 0 aliphatic carbocycles. The Hall–Kier alpha value is -4.91. The Morgan fingerprint density at radius 1 is 0.867 bits per heavy atom. The van der Waals surface area contributed by atoms with Crippen LogP contribution >= 0.6 is 34.8 Å². The molecule has 0 radical (unpaired) electrons. The lowest BCUT2D eigenvalue weighted by Gasteiger charge is -2.17. The summed E-state index contributed by atoms with van der Waals surface area (Å²) >= 11 is 19.1. The molecule has 0 aliphatic rings. The van der Waals surface area contributed by atoms with Crippen molar-refractivity contribution < 1.29 is 19.1 Å². The van der Waals surface area contributed by atoms with E-state index in [2.05, 4.69) is 31.2 Å². The van der Waals surface area contributed by atoms with Crippen molar-refractivity contribution in [2.75, 3.05) is 48.3 Å². The van der Waals surface area contributed by atoms with Crippen molar-refractivity contribution in [3.8, 4) is 11.5 Å². The maximum Gasteiger partial charge on any atom is 0.326 e. The number of urea groups is 1. The third-order valence-corrected chi connectivity index (χ3v) is 7.81. The minimum Gasteiger partial charge on any atom is -0.493 e. The summed E-state index contributed by atoms with van der Waals surface area (Å²) in [5.41, 5.74) is 8.93. The average Bonchev–Trinajstić information content (AvgIpc) is 3.43. The second-order valence-corrected chi connectivity index (χ2v) is 10.7. The second kappa shape index (κ2) is 13.4. The number of carbonyl (C=O) groups excluding carboxylic acids is 2. The van der Waals surface area contributed by atoms with Gasteiger partial charge >= 0.3 is 6.03 Å². The number of nitrogens with one attached hydrogen (secondary N) is 4. The quantitative estimate of drug-likeness (QED) is 0.105. The number of rotatable bonds is 9. The van der Waals surface area contributed by atoms with Gasteiger partial charge in [0.1, 0.15) is 26.5 Å². The lowest BCUT2D eigenvalue weighted by molar-refractivity contribution is 0.102. The van der Waals surface area contributed by atoms with Gasteiger partial charge in [-0.2, -0.15) is 9.97 Å². The van der Waals surface area contributed by atoms with E-state index in [1.54, 1.807) is 43.4 Å². The van der Waals surface area contributed by atoms with Gasteiger partial charge in [-0.15, -0.1) is 0 Å². The van der Waals surface area contributed by atoms with Gasteiger partial charge in [-0.3, -0.25) is 10.1 Å². The summed E-state index contributed by atoms with van der Waals surface area (Å²) in [5, 5.41) is 11.8. The molecular formula is C30H27Cl3N8O4. The Morgan fingerprint density at radius 3 is 2.16 bits per heavy atom. The molecule has 0 unspecified atom stereocenters. The molecule has 0 saturated carbocycles. The summed E-state index contributed by atoms with van der Waals surface area (Å²) in [6, 6.07) is 15.4. The molecule has 232 valence electrons. The summed E-state index contributed by atoms with van der Waals surface area (Å²) in [6.45, 7) is 0.429. The van der Waals surface area contributed by atoms with Crippen molar-refractivity contribution in [1.29, 1.82) is 0 Å². The molecule has 3 aromatic carbocycles. The lowest BCUT2D eigenvalue weighted by Crippen LogP contribution is -2.22. The van der Waals surface area contributed by atoms with E-state index in [0.717, 1.165) is 10.9 Å². The molecule has 12 nitrogen and oxygen atoms in total. The number of methoxy groups -OCH3 is 2. The molecule has 2 heterocycles. The molecular weight excluding hydrogens is 643 g/mol. The highest BCUT2D eigenvalue weighted by atomic mass is 35.5. The van der Waals surface area contributed by atoms with Gasteiger partial charge in [-0.05, 0) is 35.9 Å². The minimum absolute atomic E-state index is 0.0108. The number of halogens is 3. The number of para-hydroxylation sites is 2. The van der Waals surface area contributed by atoms with Gasteiger partial charge in [0, 0.05) is 25.4 Å². The third kappa shape index (κ3) is 6.48. The Balaban J connectivity index is 1.36. The van der Waals surface area contributed by atoms with Crippen molar-refractivity contribution >= 4 is 86.6 Å². The average molecular weight is 670 g/mol. The van der Waals surface area contributed by atoms with Crippen LogP contribution in [0, 0.1) is 0 Å². The fraction of sp³-hybridized carbons (Fsp3) is 0.133. The Morgan fingerprint density at radius 2 is 1.53 bits per heavy atom. The number of aromatic nitrogens is 3. The number of amides is 3. The molecule has 5 aromatic rings. The van der Waals surface area contributed by atoms with Crippen LogP contribution in [0.5, 0.6) is 11.5 Å². The van der Waals surface area contributed by atoms with Gasteiger partial charge in [0.15, 0.2) is 11.5 Å². The fourth-order valence-corrected chi connectivity index (χ4v) is 5.65. The van der Waals surface area contributed by atoms with Crippen LogP contribution in [0.2, 0.25) is 15.1 Å². The van der Waals surface area contributed by atoms with Gasteiger partial charge in [0.25, 0.3) is 5.91 Å². The number of hydrogen-bond acceptors (Lipinski definition) is 8. The number of anilines is 5. The normalized spacial score (nSPS) is 10.8. The number of benzene rings is 3. The highest BCUT2D eigenvalue weighted by molar-refractivity contribution is 6.45. The Kier molecular flexibility index (Phi) is 9.37. The van der Waals surface area contributed by atoms with Crippen LogP contribution < -0.4 is 36.5 Å². The van der Waals surface area contributed by atoms with Crippen molar-refractivity contribution in [3.63, 3.8) is 0 Å². The van der Waals surface area contributed by atoms with Crippen LogP contribution in [0.25, 0.3) is 11.0 Å². The van der Waals surface area contributed by atoms with Crippen LogP contribution in [0.4, 0.5) is 33.6 Å². The van der Waals surface area contributed by atoms with E-state index >= 15 is 0 Å². The molecule has 0 spiro atoms. The van der Waals surface area contributed by atoms with Crippen molar-refractivity contribution in [2.24, 2.45) is 0 Å². The summed E-state index contributed by atoms with van der Waals surface area (Å²) in [5.74, 6) is 0.392. The summed E-state index contributed by atoms with van der Waals surface area (Å²) in [7, 11) is 4.45. The molecule has 2 aromatic heterocycles. The number of nitrogens with zero attached hydrogens (tertiary/aromatic N) is 3. The molecule has 0 aliphatic heterocycles. The standard InChI is InChI=1S/C30H27Cl3N8O4/c1-35-26-17-12-13-41(14-15-8-10-16(11-9-15)28(42)36-19-7-5-4-6-18(19)34)27(17)39-29(38-26)40-30(43)37-23-20(31)24(44-2)22(33)25(45-3)21(23)32/h4-13H,14,34H2,1-3H3,(H,36,42)(H3,35,37,38,39,40,43). The van der Waals surface area contributed by atoms with E-state index in [0.29, 0.717) is 34.9 Å².